The molecule has 1 aromatic carbocycles. The van der Waals surface area contributed by atoms with E-state index in [1.165, 1.54) is 27.6 Å². The molecule has 0 amide bonds. The van der Waals surface area contributed by atoms with Gasteiger partial charge in [-0.15, -0.1) is 0 Å². The van der Waals surface area contributed by atoms with Crippen LogP contribution in [-0.2, 0) is 6.42 Å². The lowest BCUT2D eigenvalue weighted by atomic mass is 10.0. The van der Waals surface area contributed by atoms with Crippen LogP contribution < -0.4 is 0 Å². The molecular formula is C16H13NO. The Morgan fingerprint density at radius 2 is 2.11 bits per heavy atom. The molecule has 2 heteroatoms. The Morgan fingerprint density at radius 3 is 3.00 bits per heavy atom. The molecule has 0 N–H and O–H groups in total. The van der Waals surface area contributed by atoms with Crippen molar-refractivity contribution in [1.82, 2.24) is 4.98 Å². The molecule has 0 bridgehead atoms. The topological polar surface area (TPSA) is 26.0 Å². The highest BCUT2D eigenvalue weighted by Crippen LogP contribution is 2.36. The molecule has 0 unspecified atom stereocenters. The van der Waals surface area contributed by atoms with E-state index in [4.69, 9.17) is 4.42 Å². The van der Waals surface area contributed by atoms with Gasteiger partial charge in [0.25, 0.3) is 0 Å². The Labute approximate surface area is 105 Å². The first-order valence-electron chi connectivity index (χ1n) is 6.22. The number of fused-ring (bicyclic) bond motifs is 5. The first kappa shape index (κ1) is 9.89. The van der Waals surface area contributed by atoms with Crippen molar-refractivity contribution in [3.05, 3.63) is 46.7 Å². The number of nitrogens with zero attached hydrogens (tertiary/aromatic N) is 1. The van der Waals surface area contributed by atoms with E-state index < -0.39 is 0 Å². The van der Waals surface area contributed by atoms with Crippen molar-refractivity contribution in [3.63, 3.8) is 0 Å². The van der Waals surface area contributed by atoms with Crippen molar-refractivity contribution in [2.24, 2.45) is 0 Å². The van der Waals surface area contributed by atoms with Crippen LogP contribution in [0.2, 0.25) is 0 Å². The fraction of sp³-hybridized carbons (Fsp3) is 0.188. The van der Waals surface area contributed by atoms with Crippen LogP contribution in [0.1, 0.15) is 22.3 Å². The molecule has 0 saturated heterocycles. The third-order valence-corrected chi connectivity index (χ3v) is 3.90. The van der Waals surface area contributed by atoms with Crippen LogP contribution in [0.4, 0.5) is 0 Å². The number of rotatable bonds is 0. The van der Waals surface area contributed by atoms with Gasteiger partial charge in [-0.05, 0) is 48.6 Å². The Kier molecular flexibility index (Phi) is 1.77. The molecule has 0 aliphatic heterocycles. The lowest BCUT2D eigenvalue weighted by Crippen LogP contribution is -1.85. The van der Waals surface area contributed by atoms with E-state index in [2.05, 4.69) is 43.1 Å². The number of allylic oxidation sites excluding steroid dienone is 1. The van der Waals surface area contributed by atoms with E-state index in [0.717, 1.165) is 23.1 Å². The molecule has 4 rings (SSSR count). The summed E-state index contributed by atoms with van der Waals surface area (Å²) in [6, 6.07) is 4.22. The predicted octanol–water partition coefficient (Wildman–Crippen LogP) is 4.17. The van der Waals surface area contributed by atoms with Gasteiger partial charge < -0.3 is 4.42 Å². The van der Waals surface area contributed by atoms with Crippen molar-refractivity contribution < 1.29 is 4.42 Å². The van der Waals surface area contributed by atoms with Crippen molar-refractivity contribution in [3.8, 4) is 0 Å². The lowest BCUT2D eigenvalue weighted by molar-refractivity contribution is 0.664. The molecule has 0 radical (unpaired) electrons. The minimum absolute atomic E-state index is 0.929. The molecule has 88 valence electrons. The Morgan fingerprint density at radius 1 is 1.22 bits per heavy atom. The third-order valence-electron chi connectivity index (χ3n) is 3.90. The summed E-state index contributed by atoms with van der Waals surface area (Å²) in [7, 11) is 0. The fourth-order valence-electron chi connectivity index (χ4n) is 2.73. The molecule has 18 heavy (non-hydrogen) atoms. The zero-order chi connectivity index (χ0) is 12.3. The SMILES string of the molecule is Cc1cnc2c(oc3ccc4c(c32)C=CC4)c1C. The summed E-state index contributed by atoms with van der Waals surface area (Å²) in [6.45, 7) is 4.16. The van der Waals surface area contributed by atoms with Crippen LogP contribution in [0.15, 0.2) is 28.8 Å². The number of hydrogen-bond donors (Lipinski definition) is 0. The maximum atomic E-state index is 5.99. The van der Waals surface area contributed by atoms with Crippen LogP contribution in [0.25, 0.3) is 28.1 Å². The summed E-state index contributed by atoms with van der Waals surface area (Å²) in [5.74, 6) is 0. The van der Waals surface area contributed by atoms with Gasteiger partial charge in [0.2, 0.25) is 0 Å². The van der Waals surface area contributed by atoms with Gasteiger partial charge in [0.15, 0.2) is 5.58 Å². The first-order valence-corrected chi connectivity index (χ1v) is 6.22. The van der Waals surface area contributed by atoms with Gasteiger partial charge in [0.1, 0.15) is 11.1 Å². The second-order valence-electron chi connectivity index (χ2n) is 4.96. The normalized spacial score (nSPS) is 13.7. The quantitative estimate of drug-likeness (QED) is 0.584. The van der Waals surface area contributed by atoms with Crippen LogP contribution in [-0.4, -0.2) is 4.98 Å². The lowest BCUT2D eigenvalue weighted by Gasteiger charge is -2.00. The van der Waals surface area contributed by atoms with Gasteiger partial charge in [-0.3, -0.25) is 4.98 Å². The number of hydrogen-bond acceptors (Lipinski definition) is 2. The van der Waals surface area contributed by atoms with Crippen LogP contribution in [0.5, 0.6) is 0 Å². The predicted molar refractivity (Wildman–Crippen MR) is 73.7 cm³/mol. The average Bonchev–Trinajstić information content (AvgIpc) is 2.96. The smallest absolute Gasteiger partial charge is 0.157 e. The number of benzene rings is 1. The minimum atomic E-state index is 0.929. The van der Waals surface area contributed by atoms with E-state index in [-0.39, 0.29) is 0 Å². The highest BCUT2D eigenvalue weighted by atomic mass is 16.3. The van der Waals surface area contributed by atoms with Crippen LogP contribution >= 0.6 is 0 Å². The molecule has 1 aliphatic rings. The summed E-state index contributed by atoms with van der Waals surface area (Å²) in [5.41, 5.74) is 7.87. The standard InChI is InChI=1S/C16H13NO/c1-9-8-17-15-14-12-5-3-4-11(12)6-7-13(14)18-16(15)10(9)2/h3,5-8H,4H2,1-2H3. The molecule has 2 nitrogen and oxygen atoms in total. The Hall–Kier alpha value is -2.09. The first-order chi connectivity index (χ1) is 8.75. The van der Waals surface area contributed by atoms with Gasteiger partial charge in [0, 0.05) is 6.20 Å². The monoisotopic (exact) mass is 235 g/mol. The molecule has 0 atom stereocenters. The van der Waals surface area contributed by atoms with E-state index in [9.17, 15) is 0 Å². The largest absolute Gasteiger partial charge is 0.454 e. The third kappa shape index (κ3) is 1.10. The van der Waals surface area contributed by atoms with Gasteiger partial charge >= 0.3 is 0 Å². The maximum absolute atomic E-state index is 5.99. The van der Waals surface area contributed by atoms with Crippen molar-refractivity contribution in [2.45, 2.75) is 20.3 Å². The van der Waals surface area contributed by atoms with Crippen molar-refractivity contribution >= 4 is 28.1 Å². The van der Waals surface area contributed by atoms with Gasteiger partial charge in [-0.25, -0.2) is 0 Å². The van der Waals surface area contributed by atoms with Gasteiger partial charge in [-0.2, -0.15) is 0 Å². The minimum Gasteiger partial charge on any atom is -0.454 e. The van der Waals surface area contributed by atoms with E-state index in [1.54, 1.807) is 0 Å². The molecule has 3 aromatic rings. The molecule has 2 heterocycles. The van der Waals surface area contributed by atoms with Crippen molar-refractivity contribution in [2.75, 3.05) is 0 Å². The second kappa shape index (κ2) is 3.22. The molecule has 0 fully saturated rings. The summed E-state index contributed by atoms with van der Waals surface area (Å²) in [5, 5.41) is 1.17. The van der Waals surface area contributed by atoms with Crippen LogP contribution in [0, 0.1) is 13.8 Å². The van der Waals surface area contributed by atoms with Crippen molar-refractivity contribution in [1.29, 1.82) is 0 Å². The second-order valence-corrected chi connectivity index (χ2v) is 4.96. The number of aromatic nitrogens is 1. The highest BCUT2D eigenvalue weighted by Gasteiger charge is 2.17. The highest BCUT2D eigenvalue weighted by molar-refractivity contribution is 6.08. The number of aryl methyl sites for hydroxylation is 2. The number of furan rings is 1. The number of pyridine rings is 1. The van der Waals surface area contributed by atoms with E-state index >= 15 is 0 Å². The zero-order valence-corrected chi connectivity index (χ0v) is 10.4. The van der Waals surface area contributed by atoms with E-state index in [1.807, 2.05) is 6.20 Å². The molecule has 0 spiro atoms. The molecular weight excluding hydrogens is 222 g/mol. The average molecular weight is 235 g/mol. The van der Waals surface area contributed by atoms with E-state index in [0.29, 0.717) is 0 Å². The summed E-state index contributed by atoms with van der Waals surface area (Å²) in [6.07, 6.45) is 7.33. The zero-order valence-electron chi connectivity index (χ0n) is 10.4. The molecule has 0 saturated carbocycles. The molecule has 1 aliphatic carbocycles. The summed E-state index contributed by atoms with van der Waals surface area (Å²) < 4.78 is 5.99. The maximum Gasteiger partial charge on any atom is 0.157 e. The summed E-state index contributed by atoms with van der Waals surface area (Å²) >= 11 is 0. The Bertz CT molecular complexity index is 824. The fourth-order valence-corrected chi connectivity index (χ4v) is 2.73. The molecule has 2 aromatic heterocycles. The Balaban J connectivity index is 2.28. The van der Waals surface area contributed by atoms with Gasteiger partial charge in [-0.1, -0.05) is 18.2 Å². The summed E-state index contributed by atoms with van der Waals surface area (Å²) in [4.78, 5) is 4.58. The van der Waals surface area contributed by atoms with Gasteiger partial charge in [0.05, 0.1) is 5.39 Å². The van der Waals surface area contributed by atoms with Crippen LogP contribution in [0.3, 0.4) is 0 Å².